The molecule has 3 aromatic rings. The number of benzene rings is 2. The first kappa shape index (κ1) is 27.7. The molecule has 41 heavy (non-hydrogen) atoms. The van der Waals surface area contributed by atoms with Gasteiger partial charge in [0.05, 0.1) is 39.6 Å². The summed E-state index contributed by atoms with van der Waals surface area (Å²) in [6, 6.07) is 11.8. The molecule has 1 saturated carbocycles. The first-order chi connectivity index (χ1) is 19.8. The Labute approximate surface area is 248 Å². The van der Waals surface area contributed by atoms with Gasteiger partial charge < -0.3 is 24.2 Å². The summed E-state index contributed by atoms with van der Waals surface area (Å²) in [5.74, 6) is 1.92. The molecule has 3 atom stereocenters. The lowest BCUT2D eigenvalue weighted by Crippen LogP contribution is -2.46. The number of esters is 1. The van der Waals surface area contributed by atoms with Gasteiger partial charge in [0.2, 0.25) is 0 Å². The van der Waals surface area contributed by atoms with Crippen LogP contribution < -0.4 is 5.32 Å². The zero-order valence-corrected chi connectivity index (χ0v) is 24.4. The van der Waals surface area contributed by atoms with Gasteiger partial charge in [-0.05, 0) is 74.6 Å². The molecule has 2 aromatic carbocycles. The highest BCUT2D eigenvalue weighted by molar-refractivity contribution is 6.39. The highest BCUT2D eigenvalue weighted by atomic mass is 35.5. The van der Waals surface area contributed by atoms with Crippen LogP contribution in [0.15, 0.2) is 58.8 Å². The van der Waals surface area contributed by atoms with Gasteiger partial charge in [0.1, 0.15) is 18.1 Å². The quantitative estimate of drug-likeness (QED) is 0.267. The normalized spacial score (nSPS) is 21.4. The van der Waals surface area contributed by atoms with Gasteiger partial charge >= 0.3 is 12.0 Å². The summed E-state index contributed by atoms with van der Waals surface area (Å²) in [7, 11) is 0. The first-order valence-electron chi connectivity index (χ1n) is 14.0. The Hall–Kier alpha value is -3.49. The fourth-order valence-corrected chi connectivity index (χ4v) is 6.41. The van der Waals surface area contributed by atoms with E-state index in [4.69, 9.17) is 37.2 Å². The average Bonchev–Trinajstić information content (AvgIpc) is 3.67. The SMILES string of the molecule is CCOC(=O)c1ccc(NC(=O)N2C3CC(OCc4c(-c5c(Cl)cccc5Cl)noc4C4CC4)=CC2[C@H](C)C3)cc1. The lowest BCUT2D eigenvalue weighted by Gasteiger charge is -2.34. The molecule has 1 N–H and O–H groups in total. The minimum Gasteiger partial charge on any atom is -0.493 e. The van der Waals surface area contributed by atoms with Crippen molar-refractivity contribution in [3.05, 3.63) is 81.2 Å². The minimum atomic E-state index is -0.386. The maximum atomic E-state index is 13.3. The summed E-state index contributed by atoms with van der Waals surface area (Å²) in [5.41, 5.74) is 3.20. The monoisotopic (exact) mass is 595 g/mol. The van der Waals surface area contributed by atoms with Gasteiger partial charge in [0.25, 0.3) is 0 Å². The number of amides is 2. The Morgan fingerprint density at radius 1 is 1.12 bits per heavy atom. The van der Waals surface area contributed by atoms with Crippen molar-refractivity contribution in [1.29, 1.82) is 0 Å². The molecule has 10 heteroatoms. The van der Waals surface area contributed by atoms with Crippen LogP contribution >= 0.6 is 23.2 Å². The van der Waals surface area contributed by atoms with E-state index in [9.17, 15) is 9.59 Å². The molecular formula is C31H31Cl2N3O5. The zero-order chi connectivity index (χ0) is 28.7. The molecule has 2 bridgehead atoms. The number of anilines is 1. The third-order valence-corrected chi connectivity index (χ3v) is 8.61. The van der Waals surface area contributed by atoms with E-state index < -0.39 is 0 Å². The number of rotatable bonds is 8. The van der Waals surface area contributed by atoms with Gasteiger partial charge in [-0.3, -0.25) is 0 Å². The zero-order valence-electron chi connectivity index (χ0n) is 22.9. The number of carbonyl (C=O) groups excluding carboxylic acids is 2. The summed E-state index contributed by atoms with van der Waals surface area (Å²) < 4.78 is 17.2. The van der Waals surface area contributed by atoms with Crippen LogP contribution in [-0.4, -0.2) is 40.7 Å². The molecule has 2 aliphatic heterocycles. The van der Waals surface area contributed by atoms with Gasteiger partial charge in [0, 0.05) is 29.6 Å². The number of ether oxygens (including phenoxy) is 2. The number of urea groups is 1. The molecule has 2 amide bonds. The van der Waals surface area contributed by atoms with E-state index >= 15 is 0 Å². The Morgan fingerprint density at radius 3 is 2.51 bits per heavy atom. The fraction of sp³-hybridized carbons (Fsp3) is 0.387. The fourth-order valence-electron chi connectivity index (χ4n) is 5.83. The number of carbonyl (C=O) groups is 2. The summed E-state index contributed by atoms with van der Waals surface area (Å²) >= 11 is 13.0. The third kappa shape index (κ3) is 5.55. The van der Waals surface area contributed by atoms with Crippen LogP contribution in [0.25, 0.3) is 11.3 Å². The predicted molar refractivity (Wildman–Crippen MR) is 156 cm³/mol. The van der Waals surface area contributed by atoms with Crippen molar-refractivity contribution in [1.82, 2.24) is 10.1 Å². The number of nitrogens with one attached hydrogen (secondary N) is 1. The Bertz CT molecular complexity index is 1480. The van der Waals surface area contributed by atoms with Crippen LogP contribution in [0.2, 0.25) is 10.0 Å². The predicted octanol–water partition coefficient (Wildman–Crippen LogP) is 7.82. The first-order valence-corrected chi connectivity index (χ1v) is 14.7. The number of aromatic nitrogens is 1. The molecule has 1 aromatic heterocycles. The second kappa shape index (κ2) is 11.4. The van der Waals surface area contributed by atoms with Crippen LogP contribution in [-0.2, 0) is 16.1 Å². The Balaban J connectivity index is 1.17. The number of hydrogen-bond donors (Lipinski definition) is 1. The van der Waals surface area contributed by atoms with Gasteiger partial charge in [-0.1, -0.05) is 41.3 Å². The minimum absolute atomic E-state index is 0.0108. The summed E-state index contributed by atoms with van der Waals surface area (Å²) in [5, 5.41) is 8.36. The second-order valence-corrected chi connectivity index (χ2v) is 11.7. The summed E-state index contributed by atoms with van der Waals surface area (Å²) in [4.78, 5) is 27.2. The molecule has 0 spiro atoms. The lowest BCUT2D eigenvalue weighted by atomic mass is 10.0. The van der Waals surface area contributed by atoms with Crippen LogP contribution in [0.5, 0.6) is 0 Å². The van der Waals surface area contributed by atoms with Crippen molar-refractivity contribution in [3.8, 4) is 11.3 Å². The van der Waals surface area contributed by atoms with Crippen LogP contribution in [0.3, 0.4) is 0 Å². The topological polar surface area (TPSA) is 93.9 Å². The molecule has 2 unspecified atom stereocenters. The molecule has 8 nitrogen and oxygen atoms in total. The Morgan fingerprint density at radius 2 is 1.85 bits per heavy atom. The van der Waals surface area contributed by atoms with E-state index in [1.807, 2.05) is 4.90 Å². The van der Waals surface area contributed by atoms with Crippen molar-refractivity contribution < 1.29 is 23.6 Å². The van der Waals surface area contributed by atoms with Crippen molar-refractivity contribution in [3.63, 3.8) is 0 Å². The number of nitrogens with zero attached hydrogens (tertiary/aromatic N) is 2. The molecule has 3 heterocycles. The number of hydrogen-bond acceptors (Lipinski definition) is 6. The van der Waals surface area contributed by atoms with Gasteiger partial charge in [-0.2, -0.15) is 0 Å². The Kier molecular flexibility index (Phi) is 7.70. The number of fused-ring (bicyclic) bond motifs is 2. The molecule has 3 aliphatic rings. The molecule has 1 saturated heterocycles. The van der Waals surface area contributed by atoms with Crippen molar-refractivity contribution in [2.24, 2.45) is 5.92 Å². The maximum absolute atomic E-state index is 13.3. The molecule has 1 aliphatic carbocycles. The molecule has 6 rings (SSSR count). The van der Waals surface area contributed by atoms with E-state index in [-0.39, 0.29) is 36.6 Å². The highest BCUT2D eigenvalue weighted by Gasteiger charge is 2.44. The molecular weight excluding hydrogens is 565 g/mol. The van der Waals surface area contributed by atoms with Crippen molar-refractivity contribution in [2.75, 3.05) is 11.9 Å². The molecule has 2 fully saturated rings. The summed E-state index contributed by atoms with van der Waals surface area (Å²) in [6.07, 6.45) is 5.66. The molecule has 214 valence electrons. The van der Waals surface area contributed by atoms with E-state index in [0.717, 1.165) is 36.3 Å². The summed E-state index contributed by atoms with van der Waals surface area (Å²) in [6.45, 7) is 4.51. The largest absolute Gasteiger partial charge is 0.493 e. The van der Waals surface area contributed by atoms with Gasteiger partial charge in [-0.15, -0.1) is 0 Å². The lowest BCUT2D eigenvalue weighted by molar-refractivity contribution is 0.0526. The second-order valence-electron chi connectivity index (χ2n) is 10.9. The van der Waals surface area contributed by atoms with E-state index in [1.165, 1.54) is 0 Å². The smallest absolute Gasteiger partial charge is 0.338 e. The van der Waals surface area contributed by atoms with Crippen LogP contribution in [0.1, 0.15) is 67.1 Å². The van der Waals surface area contributed by atoms with Gasteiger partial charge in [-0.25, -0.2) is 9.59 Å². The van der Waals surface area contributed by atoms with E-state index in [0.29, 0.717) is 51.5 Å². The van der Waals surface area contributed by atoms with Crippen LogP contribution in [0.4, 0.5) is 10.5 Å². The highest BCUT2D eigenvalue weighted by Crippen LogP contribution is 2.47. The molecule has 0 radical (unpaired) electrons. The number of halogens is 2. The van der Waals surface area contributed by atoms with E-state index in [2.05, 4.69) is 23.5 Å². The van der Waals surface area contributed by atoms with Gasteiger partial charge in [0.15, 0.2) is 0 Å². The van der Waals surface area contributed by atoms with Crippen LogP contribution in [0, 0.1) is 5.92 Å². The third-order valence-electron chi connectivity index (χ3n) is 7.98. The van der Waals surface area contributed by atoms with E-state index in [1.54, 1.807) is 49.4 Å². The average molecular weight is 597 g/mol. The standard InChI is InChI=1S/C31H31Cl2N3O5/c1-3-39-30(37)19-9-11-20(12-10-19)34-31(38)36-21-13-17(2)26(36)15-22(14-21)40-16-23-28(35-41-29(23)18-7-8-18)27-24(32)5-4-6-25(27)33/h4-6,9-12,15,17-18,21,26H,3,7-8,13-14,16H2,1-2H3,(H,34,38)/t17-,21?,26?/m1/s1. The van der Waals surface area contributed by atoms with Crippen molar-refractivity contribution >= 4 is 40.9 Å². The van der Waals surface area contributed by atoms with Crippen molar-refractivity contribution in [2.45, 2.75) is 64.1 Å². The maximum Gasteiger partial charge on any atom is 0.338 e.